The van der Waals surface area contributed by atoms with Crippen LogP contribution in [0.1, 0.15) is 18.1 Å². The minimum absolute atomic E-state index is 0.231. The van der Waals surface area contributed by atoms with Gasteiger partial charge in [-0.15, -0.1) is 0 Å². The molecule has 2 rings (SSSR count). The highest BCUT2D eigenvalue weighted by Crippen LogP contribution is 2.25. The number of carbonyl (C=O) groups is 2. The number of carboxylic acids is 1. The molecule has 1 aliphatic rings. The van der Waals surface area contributed by atoms with E-state index >= 15 is 0 Å². The number of nitrogen functional groups attached to an aromatic ring is 1. The summed E-state index contributed by atoms with van der Waals surface area (Å²) in [5, 5.41) is 9.12. The first-order valence-electron chi connectivity index (χ1n) is 5.36. The predicted molar refractivity (Wildman–Crippen MR) is 62.2 cm³/mol. The van der Waals surface area contributed by atoms with Gasteiger partial charge in [0.25, 0.3) is 0 Å². The molecule has 1 heterocycles. The van der Waals surface area contributed by atoms with E-state index in [0.717, 1.165) is 11.1 Å². The first kappa shape index (κ1) is 11.4. The number of hydrogen-bond acceptors (Lipinski definition) is 3. The quantitative estimate of drug-likeness (QED) is 0.698. The first-order chi connectivity index (χ1) is 7.99. The summed E-state index contributed by atoms with van der Waals surface area (Å²) in [5.74, 6) is -1.20. The number of carbonyl (C=O) groups excluding carboxylic acids is 1. The largest absolute Gasteiger partial charge is 0.480 e. The normalized spacial score (nSPS) is 18.6. The van der Waals surface area contributed by atoms with E-state index in [2.05, 4.69) is 0 Å². The minimum atomic E-state index is -0.970. The number of carboxylic acid groups (broad SMARTS) is 1. The molecule has 0 saturated carbocycles. The van der Waals surface area contributed by atoms with Crippen molar-refractivity contribution < 1.29 is 14.7 Å². The molecule has 1 atom stereocenters. The van der Waals surface area contributed by atoms with Gasteiger partial charge in [-0.3, -0.25) is 4.79 Å². The van der Waals surface area contributed by atoms with E-state index in [1.807, 2.05) is 6.07 Å². The number of rotatable bonds is 1. The van der Waals surface area contributed by atoms with Gasteiger partial charge in [-0.05, 0) is 23.3 Å². The predicted octanol–water partition coefficient (Wildman–Crippen LogP) is 0.627. The van der Waals surface area contributed by atoms with Crippen molar-refractivity contribution in [1.29, 1.82) is 0 Å². The highest BCUT2D eigenvalue weighted by atomic mass is 16.4. The lowest BCUT2D eigenvalue weighted by Crippen LogP contribution is -2.47. The number of fused-ring (bicyclic) bond motifs is 1. The van der Waals surface area contributed by atoms with Crippen LogP contribution in [0.5, 0.6) is 0 Å². The lowest BCUT2D eigenvalue weighted by molar-refractivity contribution is -0.150. The van der Waals surface area contributed by atoms with Crippen LogP contribution in [0.15, 0.2) is 18.2 Å². The molecule has 1 aliphatic heterocycles. The Hall–Kier alpha value is -2.04. The third kappa shape index (κ3) is 2.08. The zero-order valence-corrected chi connectivity index (χ0v) is 9.51. The second-order valence-corrected chi connectivity index (χ2v) is 4.23. The molecule has 1 unspecified atom stereocenters. The summed E-state index contributed by atoms with van der Waals surface area (Å²) < 4.78 is 0. The highest BCUT2D eigenvalue weighted by molar-refractivity contribution is 5.83. The summed E-state index contributed by atoms with van der Waals surface area (Å²) in [7, 11) is 0. The van der Waals surface area contributed by atoms with E-state index < -0.39 is 12.0 Å². The van der Waals surface area contributed by atoms with Crippen LogP contribution in [0.3, 0.4) is 0 Å². The third-order valence-electron chi connectivity index (χ3n) is 3.05. The second kappa shape index (κ2) is 4.08. The van der Waals surface area contributed by atoms with Gasteiger partial charge in [-0.1, -0.05) is 6.07 Å². The van der Waals surface area contributed by atoms with Gasteiger partial charge in [0.15, 0.2) is 0 Å². The molecule has 0 saturated heterocycles. The van der Waals surface area contributed by atoms with Crippen molar-refractivity contribution in [2.45, 2.75) is 25.9 Å². The molecular weight excluding hydrogens is 220 g/mol. The molecule has 1 aromatic rings. The molecule has 90 valence electrons. The van der Waals surface area contributed by atoms with Gasteiger partial charge in [-0.25, -0.2) is 4.79 Å². The molecule has 0 fully saturated rings. The average Bonchev–Trinajstić information content (AvgIpc) is 2.26. The zero-order valence-electron chi connectivity index (χ0n) is 9.51. The number of nitrogens with zero attached hydrogens (tertiary/aromatic N) is 1. The molecule has 0 spiro atoms. The van der Waals surface area contributed by atoms with E-state index in [1.54, 1.807) is 12.1 Å². The van der Waals surface area contributed by atoms with Crippen molar-refractivity contribution in [3.63, 3.8) is 0 Å². The summed E-state index contributed by atoms with van der Waals surface area (Å²) in [4.78, 5) is 23.9. The van der Waals surface area contributed by atoms with Crippen molar-refractivity contribution in [2.24, 2.45) is 0 Å². The van der Waals surface area contributed by atoms with Gasteiger partial charge in [-0.2, -0.15) is 0 Å². The maximum atomic E-state index is 11.4. The minimum Gasteiger partial charge on any atom is -0.480 e. The lowest BCUT2D eigenvalue weighted by atomic mass is 9.93. The lowest BCUT2D eigenvalue weighted by Gasteiger charge is -2.33. The third-order valence-corrected chi connectivity index (χ3v) is 3.05. The van der Waals surface area contributed by atoms with E-state index in [-0.39, 0.29) is 5.91 Å². The molecular formula is C12H14N2O3. The number of amides is 1. The van der Waals surface area contributed by atoms with Gasteiger partial charge in [0.1, 0.15) is 6.04 Å². The Morgan fingerprint density at radius 1 is 1.41 bits per heavy atom. The van der Waals surface area contributed by atoms with Gasteiger partial charge < -0.3 is 15.7 Å². The smallest absolute Gasteiger partial charge is 0.326 e. The van der Waals surface area contributed by atoms with Crippen molar-refractivity contribution in [3.05, 3.63) is 29.3 Å². The van der Waals surface area contributed by atoms with Crippen LogP contribution in [0.25, 0.3) is 0 Å². The van der Waals surface area contributed by atoms with Gasteiger partial charge in [0.2, 0.25) is 5.91 Å². The van der Waals surface area contributed by atoms with Crippen LogP contribution in [-0.4, -0.2) is 27.9 Å². The summed E-state index contributed by atoms with van der Waals surface area (Å²) in [6.45, 7) is 1.69. The monoisotopic (exact) mass is 234 g/mol. The first-order valence-corrected chi connectivity index (χ1v) is 5.36. The van der Waals surface area contributed by atoms with Crippen LogP contribution in [0, 0.1) is 0 Å². The van der Waals surface area contributed by atoms with Crippen LogP contribution >= 0.6 is 0 Å². The van der Waals surface area contributed by atoms with Crippen molar-refractivity contribution in [1.82, 2.24) is 4.90 Å². The summed E-state index contributed by atoms with van der Waals surface area (Å²) in [6, 6.07) is 4.60. The molecule has 0 aliphatic carbocycles. The molecule has 0 bridgehead atoms. The Labute approximate surface area is 98.8 Å². The average molecular weight is 234 g/mol. The summed E-state index contributed by atoms with van der Waals surface area (Å²) >= 11 is 0. The summed E-state index contributed by atoms with van der Waals surface area (Å²) in [6.07, 6.45) is 0.338. The number of hydrogen-bond donors (Lipinski definition) is 2. The van der Waals surface area contributed by atoms with E-state index in [4.69, 9.17) is 10.8 Å². The number of nitrogens with two attached hydrogens (primary N) is 1. The Morgan fingerprint density at radius 3 is 2.71 bits per heavy atom. The van der Waals surface area contributed by atoms with Crippen LogP contribution < -0.4 is 5.73 Å². The Kier molecular flexibility index (Phi) is 2.75. The Balaban J connectivity index is 2.39. The van der Waals surface area contributed by atoms with Crippen molar-refractivity contribution in [3.8, 4) is 0 Å². The van der Waals surface area contributed by atoms with E-state index in [9.17, 15) is 9.59 Å². The SMILES string of the molecule is CC(=O)N1Cc2cc(N)ccc2CC1C(=O)O. The Bertz CT molecular complexity index is 485. The molecule has 5 heteroatoms. The topological polar surface area (TPSA) is 83.6 Å². The molecule has 0 radical (unpaired) electrons. The fourth-order valence-corrected chi connectivity index (χ4v) is 2.16. The fourth-order valence-electron chi connectivity index (χ4n) is 2.16. The van der Waals surface area contributed by atoms with Gasteiger partial charge in [0.05, 0.1) is 0 Å². The number of aliphatic carboxylic acids is 1. The van der Waals surface area contributed by atoms with E-state index in [0.29, 0.717) is 18.7 Å². The Morgan fingerprint density at radius 2 is 2.12 bits per heavy atom. The molecule has 3 N–H and O–H groups in total. The van der Waals surface area contributed by atoms with Crippen LogP contribution in [-0.2, 0) is 22.6 Å². The number of benzene rings is 1. The molecule has 17 heavy (non-hydrogen) atoms. The van der Waals surface area contributed by atoms with Crippen molar-refractivity contribution >= 4 is 17.6 Å². The van der Waals surface area contributed by atoms with Crippen LogP contribution in [0.2, 0.25) is 0 Å². The van der Waals surface area contributed by atoms with Gasteiger partial charge in [0, 0.05) is 25.6 Å². The zero-order chi connectivity index (χ0) is 12.6. The maximum Gasteiger partial charge on any atom is 0.326 e. The maximum absolute atomic E-state index is 11.4. The van der Waals surface area contributed by atoms with Crippen molar-refractivity contribution in [2.75, 3.05) is 5.73 Å². The molecule has 1 amide bonds. The van der Waals surface area contributed by atoms with E-state index in [1.165, 1.54) is 11.8 Å². The van der Waals surface area contributed by atoms with Gasteiger partial charge >= 0.3 is 5.97 Å². The number of anilines is 1. The summed E-state index contributed by atoms with van der Waals surface area (Å²) in [5.41, 5.74) is 8.18. The van der Waals surface area contributed by atoms with Crippen LogP contribution in [0.4, 0.5) is 5.69 Å². The second-order valence-electron chi connectivity index (χ2n) is 4.23. The standard InChI is InChI=1S/C12H14N2O3/c1-7(15)14-6-9-4-10(13)3-2-8(9)5-11(14)12(16)17/h2-4,11H,5-6,13H2,1H3,(H,16,17). The fraction of sp³-hybridized carbons (Fsp3) is 0.333. The molecule has 1 aromatic carbocycles. The highest BCUT2D eigenvalue weighted by Gasteiger charge is 2.32. The molecule has 0 aromatic heterocycles. The molecule has 5 nitrogen and oxygen atoms in total.